The van der Waals surface area contributed by atoms with Crippen LogP contribution < -0.4 is 14.3 Å². The van der Waals surface area contributed by atoms with E-state index in [4.69, 9.17) is 4.74 Å². The Morgan fingerprint density at radius 3 is 2.54 bits per heavy atom. The molecule has 0 atom stereocenters. The molecule has 0 fully saturated rings. The van der Waals surface area contributed by atoms with E-state index in [9.17, 15) is 13.2 Å². The molecule has 8 heteroatoms. The lowest BCUT2D eigenvalue weighted by molar-refractivity contribution is 0.411. The molecule has 0 spiro atoms. The molecule has 0 radical (unpaired) electrons. The molecule has 0 bridgehead atoms. The second kappa shape index (κ2) is 6.77. The summed E-state index contributed by atoms with van der Waals surface area (Å²) in [6.07, 6.45) is 0. The minimum absolute atomic E-state index is 0.0517. The number of nitrogens with one attached hydrogen (secondary N) is 1. The number of sulfonamides is 1. The Hall–Kier alpha value is -2.32. The Labute approximate surface area is 156 Å². The zero-order valence-corrected chi connectivity index (χ0v) is 16.6. The van der Waals surface area contributed by atoms with Crippen molar-refractivity contribution in [1.29, 1.82) is 0 Å². The van der Waals surface area contributed by atoms with Crippen LogP contribution in [0.15, 0.2) is 40.0 Å². The number of anilines is 1. The van der Waals surface area contributed by atoms with Gasteiger partial charge in [-0.05, 0) is 62.2 Å². The van der Waals surface area contributed by atoms with Crippen LogP contribution in [-0.4, -0.2) is 20.1 Å². The fourth-order valence-electron chi connectivity index (χ4n) is 2.92. The molecule has 138 valence electrons. The Morgan fingerprint density at radius 1 is 1.15 bits per heavy atom. The van der Waals surface area contributed by atoms with Crippen LogP contribution in [0, 0.1) is 13.8 Å². The number of methoxy groups -OCH3 is 1. The van der Waals surface area contributed by atoms with Crippen LogP contribution in [0.5, 0.6) is 5.75 Å². The molecule has 0 aliphatic rings. The summed E-state index contributed by atoms with van der Waals surface area (Å²) in [6.45, 7) is 6.06. The lowest BCUT2D eigenvalue weighted by Gasteiger charge is -2.14. The van der Waals surface area contributed by atoms with E-state index in [1.807, 2.05) is 13.8 Å². The number of fused-ring (bicyclic) bond motifs is 1. The predicted molar refractivity (Wildman–Crippen MR) is 105 cm³/mol. The van der Waals surface area contributed by atoms with E-state index in [1.54, 1.807) is 42.9 Å². The first kappa shape index (κ1) is 18.5. The highest BCUT2D eigenvalue weighted by molar-refractivity contribution is 7.92. The molecule has 0 aliphatic carbocycles. The molecule has 3 rings (SSSR count). The van der Waals surface area contributed by atoms with Gasteiger partial charge in [0, 0.05) is 6.54 Å². The average Bonchev–Trinajstić information content (AvgIpc) is 2.90. The largest absolute Gasteiger partial charge is 0.496 e. The molecule has 1 heterocycles. The maximum Gasteiger partial charge on any atom is 0.308 e. The molecule has 2 aromatic carbocycles. The van der Waals surface area contributed by atoms with Crippen molar-refractivity contribution in [2.75, 3.05) is 11.8 Å². The van der Waals surface area contributed by atoms with Gasteiger partial charge in [0.15, 0.2) is 0 Å². The maximum absolute atomic E-state index is 12.8. The zero-order valence-electron chi connectivity index (χ0n) is 15.0. The van der Waals surface area contributed by atoms with Gasteiger partial charge in [-0.15, -0.1) is 0 Å². The van der Waals surface area contributed by atoms with E-state index in [2.05, 4.69) is 4.72 Å². The molecular formula is C18H20N2O4S2. The molecule has 1 aromatic heterocycles. The van der Waals surface area contributed by atoms with Crippen molar-refractivity contribution < 1.29 is 13.2 Å². The van der Waals surface area contributed by atoms with Gasteiger partial charge in [-0.1, -0.05) is 11.3 Å². The van der Waals surface area contributed by atoms with Crippen molar-refractivity contribution in [3.63, 3.8) is 0 Å². The molecule has 0 unspecified atom stereocenters. The summed E-state index contributed by atoms with van der Waals surface area (Å²) in [5.41, 5.74) is 2.65. The molecule has 6 nitrogen and oxygen atoms in total. The number of ether oxygens (including phenoxy) is 1. The van der Waals surface area contributed by atoms with E-state index in [0.717, 1.165) is 27.1 Å². The summed E-state index contributed by atoms with van der Waals surface area (Å²) in [4.78, 5) is 12.1. The molecule has 0 amide bonds. The fourth-order valence-corrected chi connectivity index (χ4v) is 5.27. The van der Waals surface area contributed by atoms with Crippen molar-refractivity contribution in [3.05, 3.63) is 51.1 Å². The monoisotopic (exact) mass is 392 g/mol. The van der Waals surface area contributed by atoms with Crippen molar-refractivity contribution in [3.8, 4) is 5.75 Å². The van der Waals surface area contributed by atoms with Gasteiger partial charge < -0.3 is 4.74 Å². The van der Waals surface area contributed by atoms with Crippen LogP contribution in [-0.2, 0) is 16.6 Å². The molecule has 3 aromatic rings. The number of nitrogens with zero attached hydrogens (tertiary/aromatic N) is 1. The van der Waals surface area contributed by atoms with E-state index >= 15 is 0 Å². The number of hydrogen-bond donors (Lipinski definition) is 1. The van der Waals surface area contributed by atoms with E-state index in [1.165, 1.54) is 6.07 Å². The number of benzene rings is 2. The number of thiazole rings is 1. The lowest BCUT2D eigenvalue weighted by atomic mass is 10.1. The second-order valence-corrected chi connectivity index (χ2v) is 8.56. The third-order valence-electron chi connectivity index (χ3n) is 4.43. The van der Waals surface area contributed by atoms with Crippen molar-refractivity contribution >= 4 is 37.3 Å². The van der Waals surface area contributed by atoms with E-state index in [-0.39, 0.29) is 9.77 Å². The van der Waals surface area contributed by atoms with Gasteiger partial charge in [-0.2, -0.15) is 0 Å². The maximum atomic E-state index is 12.8. The van der Waals surface area contributed by atoms with Gasteiger partial charge in [0.2, 0.25) is 0 Å². The molecule has 0 saturated carbocycles. The molecule has 0 saturated heterocycles. The third-order valence-corrected chi connectivity index (χ3v) is 6.90. The quantitative estimate of drug-likeness (QED) is 0.721. The molecule has 26 heavy (non-hydrogen) atoms. The first-order chi connectivity index (χ1) is 12.3. The van der Waals surface area contributed by atoms with Gasteiger partial charge in [-0.25, -0.2) is 8.42 Å². The topological polar surface area (TPSA) is 77.4 Å². The number of hydrogen-bond acceptors (Lipinski definition) is 5. The summed E-state index contributed by atoms with van der Waals surface area (Å²) in [5.74, 6) is 0.647. The summed E-state index contributed by atoms with van der Waals surface area (Å²) >= 11 is 1.11. The molecule has 1 N–H and O–H groups in total. The van der Waals surface area contributed by atoms with E-state index < -0.39 is 10.0 Å². The Bertz CT molecular complexity index is 1140. The molecule has 0 aliphatic heterocycles. The number of rotatable bonds is 5. The van der Waals surface area contributed by atoms with Crippen LogP contribution in [0.25, 0.3) is 10.2 Å². The van der Waals surface area contributed by atoms with Crippen LogP contribution in [0.1, 0.15) is 18.1 Å². The first-order valence-electron chi connectivity index (χ1n) is 8.09. The fraction of sp³-hybridized carbons (Fsp3) is 0.278. The minimum Gasteiger partial charge on any atom is -0.496 e. The van der Waals surface area contributed by atoms with Gasteiger partial charge in [-0.3, -0.25) is 14.1 Å². The number of aromatic nitrogens is 1. The van der Waals surface area contributed by atoms with Crippen LogP contribution in [0.3, 0.4) is 0 Å². The zero-order chi connectivity index (χ0) is 19.1. The van der Waals surface area contributed by atoms with Crippen LogP contribution in [0.4, 0.5) is 5.69 Å². The highest BCUT2D eigenvalue weighted by Gasteiger charge is 2.20. The Balaban J connectivity index is 2.01. The number of aryl methyl sites for hydroxylation is 1. The third kappa shape index (κ3) is 3.10. The van der Waals surface area contributed by atoms with Crippen molar-refractivity contribution in [2.45, 2.75) is 32.2 Å². The highest BCUT2D eigenvalue weighted by atomic mass is 32.2. The lowest BCUT2D eigenvalue weighted by Crippen LogP contribution is -2.15. The highest BCUT2D eigenvalue weighted by Crippen LogP contribution is 2.29. The summed E-state index contributed by atoms with van der Waals surface area (Å²) in [7, 11) is -2.20. The summed E-state index contributed by atoms with van der Waals surface area (Å²) in [6, 6.07) is 8.31. The predicted octanol–water partition coefficient (Wildman–Crippen LogP) is 3.51. The summed E-state index contributed by atoms with van der Waals surface area (Å²) < 4.78 is 35.9. The average molecular weight is 393 g/mol. The van der Waals surface area contributed by atoms with Crippen molar-refractivity contribution in [1.82, 2.24) is 4.57 Å². The smallest absolute Gasteiger partial charge is 0.308 e. The minimum atomic E-state index is -3.75. The van der Waals surface area contributed by atoms with Crippen molar-refractivity contribution in [2.24, 2.45) is 0 Å². The molecular weight excluding hydrogens is 372 g/mol. The van der Waals surface area contributed by atoms with Gasteiger partial charge >= 0.3 is 4.87 Å². The standard InChI is InChI=1S/C18H20N2O4S2/c1-5-20-14-7-6-13(10-16(14)25-18(20)21)19-26(22,23)17-9-8-15(24-4)11(2)12(17)3/h6-10,19H,5H2,1-4H3. The van der Waals surface area contributed by atoms with Gasteiger partial charge in [0.1, 0.15) is 5.75 Å². The normalized spacial score (nSPS) is 11.7. The Morgan fingerprint density at radius 2 is 1.88 bits per heavy atom. The first-order valence-corrected chi connectivity index (χ1v) is 10.4. The van der Waals surface area contributed by atoms with Crippen LogP contribution >= 0.6 is 11.3 Å². The summed E-state index contributed by atoms with van der Waals surface area (Å²) in [5, 5.41) is 0. The van der Waals surface area contributed by atoms with Crippen LogP contribution in [0.2, 0.25) is 0 Å². The SMILES string of the molecule is CCn1c(=O)sc2cc(NS(=O)(=O)c3ccc(OC)c(C)c3C)ccc21. The van der Waals surface area contributed by atoms with E-state index in [0.29, 0.717) is 23.5 Å². The van der Waals surface area contributed by atoms with Gasteiger partial charge in [0.05, 0.1) is 27.9 Å². The Kier molecular flexibility index (Phi) is 4.81. The van der Waals surface area contributed by atoms with Gasteiger partial charge in [0.25, 0.3) is 10.0 Å². The second-order valence-electron chi connectivity index (χ2n) is 5.92.